The molecule has 5 rings (SSSR count). The van der Waals surface area contributed by atoms with E-state index >= 15 is 0 Å². The zero-order valence-corrected chi connectivity index (χ0v) is 20.7. The number of unbranched alkanes of at least 4 members (excludes halogenated alkanes) is 1. The van der Waals surface area contributed by atoms with Gasteiger partial charge in [0.15, 0.2) is 0 Å². The van der Waals surface area contributed by atoms with Crippen LogP contribution in [0.4, 0.5) is 0 Å². The van der Waals surface area contributed by atoms with E-state index in [4.69, 9.17) is 0 Å². The number of aromatic nitrogens is 6. The van der Waals surface area contributed by atoms with Crippen LogP contribution in [-0.2, 0) is 13.0 Å². The Morgan fingerprint density at radius 2 is 1.78 bits per heavy atom. The molecular weight excluding hydrogens is 452 g/mol. The summed E-state index contributed by atoms with van der Waals surface area (Å²) < 4.78 is 3.16. The molecule has 1 saturated carbocycles. The van der Waals surface area contributed by atoms with Gasteiger partial charge in [-0.05, 0) is 47.6 Å². The van der Waals surface area contributed by atoms with Crippen LogP contribution < -0.4 is 5.69 Å². The number of benzene rings is 2. The minimum atomic E-state index is -0.219. The SMILES string of the molecule is CCCCc1cn(C(=O)C2CCCCC2)c(=O)n1Cc1ccc(-c2ccccc2-c2nn[nH]n2)cc1. The van der Waals surface area contributed by atoms with Crippen molar-refractivity contribution in [1.82, 2.24) is 29.8 Å². The molecule has 0 unspecified atom stereocenters. The van der Waals surface area contributed by atoms with E-state index in [9.17, 15) is 9.59 Å². The first-order valence-corrected chi connectivity index (χ1v) is 12.9. The third-order valence-corrected chi connectivity index (χ3v) is 7.16. The molecule has 2 aromatic heterocycles. The molecule has 1 fully saturated rings. The number of carbonyl (C=O) groups excluding carboxylic acids is 1. The molecule has 0 amide bonds. The van der Waals surface area contributed by atoms with Gasteiger partial charge in [-0.2, -0.15) is 5.21 Å². The van der Waals surface area contributed by atoms with Gasteiger partial charge in [0.25, 0.3) is 0 Å². The minimum Gasteiger partial charge on any atom is -0.292 e. The van der Waals surface area contributed by atoms with Crippen molar-refractivity contribution in [2.75, 3.05) is 0 Å². The first-order valence-electron chi connectivity index (χ1n) is 12.9. The summed E-state index contributed by atoms with van der Waals surface area (Å²) in [5, 5.41) is 14.4. The fraction of sp³-hybridized carbons (Fsp3) is 0.393. The first kappa shape index (κ1) is 23.9. The fourth-order valence-electron chi connectivity index (χ4n) is 5.14. The number of hydrogen-bond acceptors (Lipinski definition) is 5. The smallest absolute Gasteiger partial charge is 0.292 e. The number of aromatic amines is 1. The molecule has 0 atom stereocenters. The molecule has 186 valence electrons. The number of tetrazole rings is 1. The van der Waals surface area contributed by atoms with Crippen LogP contribution in [0, 0.1) is 5.92 Å². The number of rotatable bonds is 8. The number of carbonyl (C=O) groups is 1. The predicted octanol–water partition coefficient (Wildman–Crippen LogP) is 5.11. The highest BCUT2D eigenvalue weighted by molar-refractivity contribution is 5.81. The van der Waals surface area contributed by atoms with Crippen molar-refractivity contribution in [1.29, 1.82) is 0 Å². The van der Waals surface area contributed by atoms with Crippen LogP contribution in [0.1, 0.15) is 67.9 Å². The number of H-pyrrole nitrogens is 1. The van der Waals surface area contributed by atoms with Gasteiger partial charge in [-0.25, -0.2) is 9.36 Å². The maximum Gasteiger partial charge on any atom is 0.335 e. The van der Waals surface area contributed by atoms with Crippen molar-refractivity contribution in [2.24, 2.45) is 5.92 Å². The molecule has 8 nitrogen and oxygen atoms in total. The van der Waals surface area contributed by atoms with E-state index in [2.05, 4.69) is 39.7 Å². The van der Waals surface area contributed by atoms with E-state index in [0.717, 1.165) is 72.9 Å². The Balaban J connectivity index is 1.42. The van der Waals surface area contributed by atoms with Crippen molar-refractivity contribution in [3.63, 3.8) is 0 Å². The monoisotopic (exact) mass is 484 g/mol. The van der Waals surface area contributed by atoms with E-state index in [-0.39, 0.29) is 17.5 Å². The molecule has 4 aromatic rings. The maximum atomic E-state index is 13.4. The Bertz CT molecular complexity index is 1360. The van der Waals surface area contributed by atoms with Gasteiger partial charge in [0, 0.05) is 23.4 Å². The Labute approximate surface area is 210 Å². The number of nitrogens with zero attached hydrogens (tertiary/aromatic N) is 5. The van der Waals surface area contributed by atoms with Crippen molar-refractivity contribution in [3.05, 3.63) is 76.5 Å². The van der Waals surface area contributed by atoms with Crippen LogP contribution in [0.5, 0.6) is 0 Å². The molecule has 2 aromatic carbocycles. The Hall–Kier alpha value is -3.81. The molecule has 36 heavy (non-hydrogen) atoms. The van der Waals surface area contributed by atoms with Gasteiger partial charge in [-0.15, -0.1) is 10.2 Å². The summed E-state index contributed by atoms with van der Waals surface area (Å²) in [7, 11) is 0. The molecule has 0 radical (unpaired) electrons. The third kappa shape index (κ3) is 4.94. The second-order valence-electron chi connectivity index (χ2n) is 9.61. The summed E-state index contributed by atoms with van der Waals surface area (Å²) in [5.41, 5.74) is 4.66. The van der Waals surface area contributed by atoms with Crippen LogP contribution >= 0.6 is 0 Å². The lowest BCUT2D eigenvalue weighted by Crippen LogP contribution is -2.34. The van der Waals surface area contributed by atoms with Gasteiger partial charge < -0.3 is 0 Å². The lowest BCUT2D eigenvalue weighted by atomic mass is 9.88. The number of nitrogens with one attached hydrogen (secondary N) is 1. The van der Waals surface area contributed by atoms with Gasteiger partial charge in [0.05, 0.1) is 6.54 Å². The quantitative estimate of drug-likeness (QED) is 0.375. The van der Waals surface area contributed by atoms with Crippen molar-refractivity contribution in [3.8, 4) is 22.5 Å². The number of hydrogen-bond donors (Lipinski definition) is 1. The van der Waals surface area contributed by atoms with Crippen LogP contribution in [0.2, 0.25) is 0 Å². The predicted molar refractivity (Wildman–Crippen MR) is 139 cm³/mol. The lowest BCUT2D eigenvalue weighted by Gasteiger charge is -2.19. The maximum absolute atomic E-state index is 13.4. The van der Waals surface area contributed by atoms with Crippen molar-refractivity contribution in [2.45, 2.75) is 64.8 Å². The van der Waals surface area contributed by atoms with Crippen molar-refractivity contribution < 1.29 is 4.79 Å². The van der Waals surface area contributed by atoms with Gasteiger partial charge in [-0.3, -0.25) is 9.36 Å². The van der Waals surface area contributed by atoms with Crippen molar-refractivity contribution >= 4 is 5.91 Å². The molecule has 0 saturated heterocycles. The molecule has 0 spiro atoms. The highest BCUT2D eigenvalue weighted by Gasteiger charge is 2.25. The van der Waals surface area contributed by atoms with Crippen LogP contribution in [0.15, 0.2) is 59.5 Å². The lowest BCUT2D eigenvalue weighted by molar-refractivity contribution is 0.0796. The fourth-order valence-corrected chi connectivity index (χ4v) is 5.14. The summed E-state index contributed by atoms with van der Waals surface area (Å²) in [6.45, 7) is 2.58. The highest BCUT2D eigenvalue weighted by Crippen LogP contribution is 2.30. The summed E-state index contributed by atoms with van der Waals surface area (Å²) in [4.78, 5) is 26.6. The van der Waals surface area contributed by atoms with Gasteiger partial charge in [-0.1, -0.05) is 81.1 Å². The number of imidazole rings is 1. The topological polar surface area (TPSA) is 98.5 Å². The largest absolute Gasteiger partial charge is 0.335 e. The molecule has 1 N–H and O–H groups in total. The van der Waals surface area contributed by atoms with E-state index < -0.39 is 0 Å². The molecule has 1 aliphatic rings. The Morgan fingerprint density at radius 3 is 2.47 bits per heavy atom. The highest BCUT2D eigenvalue weighted by atomic mass is 16.2. The molecule has 0 aliphatic heterocycles. The molecule has 0 bridgehead atoms. The van der Waals surface area contributed by atoms with Gasteiger partial charge in [0.2, 0.25) is 11.7 Å². The zero-order chi connectivity index (χ0) is 24.9. The van der Waals surface area contributed by atoms with Crippen LogP contribution in [0.3, 0.4) is 0 Å². The second kappa shape index (κ2) is 10.8. The molecular formula is C28H32N6O2. The van der Waals surface area contributed by atoms with Crippen LogP contribution in [-0.4, -0.2) is 35.7 Å². The summed E-state index contributed by atoms with van der Waals surface area (Å²) >= 11 is 0. The van der Waals surface area contributed by atoms with Gasteiger partial charge in [0.1, 0.15) is 0 Å². The van der Waals surface area contributed by atoms with Crippen LogP contribution in [0.25, 0.3) is 22.5 Å². The van der Waals surface area contributed by atoms with E-state index in [1.807, 2.05) is 36.4 Å². The first-order chi connectivity index (χ1) is 17.7. The molecule has 2 heterocycles. The van der Waals surface area contributed by atoms with E-state index in [1.54, 1.807) is 10.8 Å². The Morgan fingerprint density at radius 1 is 1.03 bits per heavy atom. The summed E-state index contributed by atoms with van der Waals surface area (Å²) in [6.07, 6.45) is 9.67. The standard InChI is InChI=1S/C28H32N6O2/c1-2-3-11-23-19-34(27(35)22-9-5-4-6-10-22)28(36)33(23)18-20-14-16-21(17-15-20)24-12-7-8-13-25(24)26-29-31-32-30-26/h7-8,12-17,19,22H,2-6,9-11,18H2,1H3,(H,29,30,31,32). The second-order valence-corrected chi connectivity index (χ2v) is 9.61. The van der Waals surface area contributed by atoms with E-state index in [0.29, 0.717) is 12.4 Å². The normalized spacial score (nSPS) is 14.2. The third-order valence-electron chi connectivity index (χ3n) is 7.16. The summed E-state index contributed by atoms with van der Waals surface area (Å²) in [6, 6.07) is 16.1. The molecule has 8 heteroatoms. The average Bonchev–Trinajstić information content (AvgIpc) is 3.57. The number of aryl methyl sites for hydroxylation is 1. The minimum absolute atomic E-state index is 0.0371. The summed E-state index contributed by atoms with van der Waals surface area (Å²) in [5.74, 6) is 0.472. The molecule has 1 aliphatic carbocycles. The Kier molecular flexibility index (Phi) is 7.21. The van der Waals surface area contributed by atoms with E-state index in [1.165, 1.54) is 11.0 Å². The average molecular weight is 485 g/mol. The zero-order valence-electron chi connectivity index (χ0n) is 20.7. The van der Waals surface area contributed by atoms with Gasteiger partial charge >= 0.3 is 5.69 Å².